The Morgan fingerprint density at radius 3 is 2.87 bits per heavy atom. The Labute approximate surface area is 175 Å². The molecule has 30 heavy (non-hydrogen) atoms. The minimum atomic E-state index is -0.855. The fourth-order valence-electron chi connectivity index (χ4n) is 4.04. The quantitative estimate of drug-likeness (QED) is 0.790. The molecule has 2 aliphatic rings. The number of amides is 1. The van der Waals surface area contributed by atoms with Crippen molar-refractivity contribution in [2.75, 3.05) is 26.2 Å². The Morgan fingerprint density at radius 1 is 1.30 bits per heavy atom. The Bertz CT molecular complexity index is 906. The number of carbonyl (C=O) groups is 1. The topological polar surface area (TPSA) is 74.7 Å². The fraction of sp³-hybridized carbons (Fsp3) is 0.391. The van der Waals surface area contributed by atoms with Crippen LogP contribution in [0.15, 0.2) is 54.9 Å². The van der Waals surface area contributed by atoms with Crippen molar-refractivity contribution in [1.82, 2.24) is 15.2 Å². The molecule has 2 aromatic rings. The lowest BCUT2D eigenvalue weighted by atomic mass is 9.96. The maximum atomic E-state index is 13.8. The maximum Gasteiger partial charge on any atom is 0.254 e. The van der Waals surface area contributed by atoms with Gasteiger partial charge in [-0.1, -0.05) is 36.4 Å². The van der Waals surface area contributed by atoms with Crippen molar-refractivity contribution in [3.05, 3.63) is 71.8 Å². The first-order chi connectivity index (χ1) is 14.6. The van der Waals surface area contributed by atoms with Crippen LogP contribution in [0.5, 0.6) is 0 Å². The van der Waals surface area contributed by atoms with Crippen molar-refractivity contribution in [2.45, 2.75) is 31.1 Å². The van der Waals surface area contributed by atoms with Gasteiger partial charge < -0.3 is 15.2 Å². The summed E-state index contributed by atoms with van der Waals surface area (Å²) in [5.74, 6) is -1.23. The van der Waals surface area contributed by atoms with Crippen LogP contribution >= 0.6 is 0 Å². The number of hydrogen-bond donors (Lipinski definition) is 2. The van der Waals surface area contributed by atoms with Crippen molar-refractivity contribution in [2.24, 2.45) is 0 Å². The number of ether oxygens (including phenoxy) is 1. The Balaban J connectivity index is 1.34. The molecule has 0 spiro atoms. The van der Waals surface area contributed by atoms with Crippen molar-refractivity contribution in [3.8, 4) is 0 Å². The Hall–Kier alpha value is -2.61. The van der Waals surface area contributed by atoms with E-state index in [4.69, 9.17) is 4.74 Å². The summed E-state index contributed by atoms with van der Waals surface area (Å²) in [6.07, 6.45) is 4.76. The smallest absolute Gasteiger partial charge is 0.254 e. The third-order valence-corrected chi connectivity index (χ3v) is 5.76. The second-order valence-electron chi connectivity index (χ2n) is 7.73. The molecule has 3 atom stereocenters. The van der Waals surface area contributed by atoms with E-state index in [1.165, 1.54) is 23.4 Å². The standard InChI is InChI=1S/C23H26FN3O3/c24-19-14-25-10-6-18(19)23(29)26-20-9-13-30-21(22(20)28)15-27-11-7-17(8-12-27)16-4-2-1-3-5-16/h1-7,10,14,20-22,28H,8-9,11-13,15H2,(H,26,29)/t20-,21+,22-/m0/s1. The Kier molecular flexibility index (Phi) is 6.52. The number of aliphatic hydroxyl groups excluding tert-OH is 1. The van der Waals surface area contributed by atoms with E-state index < -0.39 is 30.0 Å². The molecule has 6 nitrogen and oxygen atoms in total. The lowest BCUT2D eigenvalue weighted by Gasteiger charge is -2.38. The number of pyridine rings is 1. The number of nitrogens with zero attached hydrogens (tertiary/aromatic N) is 2. The number of aliphatic hydroxyl groups is 1. The first-order valence-corrected chi connectivity index (χ1v) is 10.3. The van der Waals surface area contributed by atoms with E-state index >= 15 is 0 Å². The second-order valence-corrected chi connectivity index (χ2v) is 7.73. The molecule has 1 aromatic carbocycles. The third kappa shape index (κ3) is 4.75. The van der Waals surface area contributed by atoms with Gasteiger partial charge in [-0.3, -0.25) is 14.7 Å². The third-order valence-electron chi connectivity index (χ3n) is 5.76. The van der Waals surface area contributed by atoms with Gasteiger partial charge in [0.25, 0.3) is 5.91 Å². The van der Waals surface area contributed by atoms with Gasteiger partial charge in [-0.15, -0.1) is 0 Å². The van der Waals surface area contributed by atoms with Crippen LogP contribution in [0, 0.1) is 5.82 Å². The molecule has 1 saturated heterocycles. The van der Waals surface area contributed by atoms with Crippen molar-refractivity contribution >= 4 is 11.5 Å². The molecule has 1 fully saturated rings. The predicted molar refractivity (Wildman–Crippen MR) is 111 cm³/mol. The lowest BCUT2D eigenvalue weighted by molar-refractivity contribution is -0.0987. The molecule has 0 bridgehead atoms. The van der Waals surface area contributed by atoms with Crippen LogP contribution in [0.2, 0.25) is 0 Å². The lowest BCUT2D eigenvalue weighted by Crippen LogP contribution is -2.56. The van der Waals surface area contributed by atoms with Gasteiger partial charge in [0.15, 0.2) is 5.82 Å². The van der Waals surface area contributed by atoms with Crippen LogP contribution in [0.4, 0.5) is 4.39 Å². The van der Waals surface area contributed by atoms with E-state index in [0.717, 1.165) is 25.7 Å². The maximum absolute atomic E-state index is 13.8. The number of hydrogen-bond acceptors (Lipinski definition) is 5. The number of benzene rings is 1. The average Bonchev–Trinajstić information content (AvgIpc) is 2.78. The van der Waals surface area contributed by atoms with Gasteiger partial charge in [0.1, 0.15) is 6.10 Å². The SMILES string of the molecule is O=C(N[C@H]1CCO[C@H](CN2CC=C(c3ccccc3)CC2)[C@H]1O)c1ccncc1F. The highest BCUT2D eigenvalue weighted by atomic mass is 19.1. The van der Waals surface area contributed by atoms with Gasteiger partial charge in [-0.25, -0.2) is 4.39 Å². The summed E-state index contributed by atoms with van der Waals surface area (Å²) in [5, 5.41) is 13.5. The molecule has 158 valence electrons. The zero-order valence-electron chi connectivity index (χ0n) is 16.7. The summed E-state index contributed by atoms with van der Waals surface area (Å²) in [4.78, 5) is 18.3. The molecule has 0 saturated carbocycles. The van der Waals surface area contributed by atoms with Crippen LogP contribution in [0.3, 0.4) is 0 Å². The highest BCUT2D eigenvalue weighted by Gasteiger charge is 2.35. The summed E-state index contributed by atoms with van der Waals surface area (Å²) in [6, 6.07) is 11.2. The molecule has 0 aliphatic carbocycles. The van der Waals surface area contributed by atoms with Crippen LogP contribution in [-0.4, -0.2) is 65.4 Å². The number of nitrogens with one attached hydrogen (secondary N) is 1. The van der Waals surface area contributed by atoms with Gasteiger partial charge in [-0.2, -0.15) is 0 Å². The summed E-state index contributed by atoms with van der Waals surface area (Å²) >= 11 is 0. The van der Waals surface area contributed by atoms with E-state index in [1.54, 1.807) is 0 Å². The van der Waals surface area contributed by atoms with E-state index in [0.29, 0.717) is 19.6 Å². The molecule has 2 N–H and O–H groups in total. The highest BCUT2D eigenvalue weighted by molar-refractivity contribution is 5.94. The summed E-state index contributed by atoms with van der Waals surface area (Å²) in [7, 11) is 0. The van der Waals surface area contributed by atoms with Crippen LogP contribution in [0.1, 0.15) is 28.8 Å². The molecule has 2 aliphatic heterocycles. The molecule has 1 amide bonds. The van der Waals surface area contributed by atoms with Gasteiger partial charge in [0.2, 0.25) is 0 Å². The summed E-state index contributed by atoms with van der Waals surface area (Å²) < 4.78 is 19.6. The minimum absolute atomic E-state index is 0.0742. The molecule has 3 heterocycles. The molecular formula is C23H26FN3O3. The number of halogens is 1. The monoisotopic (exact) mass is 411 g/mol. The van der Waals surface area contributed by atoms with Gasteiger partial charge in [-0.05, 0) is 30.0 Å². The van der Waals surface area contributed by atoms with Gasteiger partial charge in [0, 0.05) is 32.4 Å². The zero-order valence-corrected chi connectivity index (χ0v) is 16.7. The molecule has 0 unspecified atom stereocenters. The van der Waals surface area contributed by atoms with Crippen LogP contribution in [0.25, 0.3) is 5.57 Å². The second kappa shape index (κ2) is 9.47. The van der Waals surface area contributed by atoms with Crippen molar-refractivity contribution < 1.29 is 19.0 Å². The highest BCUT2D eigenvalue weighted by Crippen LogP contribution is 2.24. The van der Waals surface area contributed by atoms with E-state index in [1.807, 2.05) is 18.2 Å². The number of rotatable bonds is 5. The molecule has 4 rings (SSSR count). The summed E-state index contributed by atoms with van der Waals surface area (Å²) in [6.45, 7) is 2.68. The van der Waals surface area contributed by atoms with Crippen molar-refractivity contribution in [3.63, 3.8) is 0 Å². The van der Waals surface area contributed by atoms with E-state index in [9.17, 15) is 14.3 Å². The van der Waals surface area contributed by atoms with Crippen LogP contribution < -0.4 is 5.32 Å². The van der Waals surface area contributed by atoms with Crippen molar-refractivity contribution in [1.29, 1.82) is 0 Å². The number of aromatic nitrogens is 1. The fourth-order valence-corrected chi connectivity index (χ4v) is 4.04. The first-order valence-electron chi connectivity index (χ1n) is 10.3. The average molecular weight is 411 g/mol. The minimum Gasteiger partial charge on any atom is -0.388 e. The summed E-state index contributed by atoms with van der Waals surface area (Å²) in [5.41, 5.74) is 2.51. The van der Waals surface area contributed by atoms with Gasteiger partial charge in [0.05, 0.1) is 23.9 Å². The normalized spacial score (nSPS) is 24.9. The number of carbonyl (C=O) groups excluding carboxylic acids is 1. The molecule has 1 aromatic heterocycles. The van der Waals surface area contributed by atoms with E-state index in [-0.39, 0.29) is 5.56 Å². The van der Waals surface area contributed by atoms with Gasteiger partial charge >= 0.3 is 0 Å². The molecule has 7 heteroatoms. The Morgan fingerprint density at radius 2 is 2.13 bits per heavy atom. The van der Waals surface area contributed by atoms with Crippen LogP contribution in [-0.2, 0) is 4.74 Å². The predicted octanol–water partition coefficient (Wildman–Crippen LogP) is 2.26. The molecule has 0 radical (unpaired) electrons. The molecular weight excluding hydrogens is 385 g/mol. The van der Waals surface area contributed by atoms with E-state index in [2.05, 4.69) is 33.4 Å². The largest absolute Gasteiger partial charge is 0.388 e. The zero-order chi connectivity index (χ0) is 20.9. The first kappa shape index (κ1) is 20.7.